The van der Waals surface area contributed by atoms with Gasteiger partial charge < -0.3 is 4.74 Å². The second-order valence-electron chi connectivity index (χ2n) is 5.83. The number of methoxy groups -OCH3 is 1. The van der Waals surface area contributed by atoms with Crippen LogP contribution >= 0.6 is 11.6 Å². The van der Waals surface area contributed by atoms with Gasteiger partial charge >= 0.3 is 0 Å². The van der Waals surface area contributed by atoms with E-state index in [0.717, 1.165) is 18.2 Å². The monoisotopic (exact) mass is 433 g/mol. The first-order valence-electron chi connectivity index (χ1n) is 8.22. The maximum atomic E-state index is 14.4. The number of hydrogen-bond donors (Lipinski definition) is 1. The molecule has 3 rings (SSSR count). The van der Waals surface area contributed by atoms with Crippen LogP contribution in [0.2, 0.25) is 5.02 Å². The Morgan fingerprint density at radius 1 is 0.931 bits per heavy atom. The fraction of sp³-hybridized carbons (Fsp3) is 0.0476. The van der Waals surface area contributed by atoms with E-state index >= 15 is 0 Å². The van der Waals surface area contributed by atoms with Gasteiger partial charge in [-0.1, -0.05) is 41.6 Å². The van der Waals surface area contributed by atoms with Crippen molar-refractivity contribution in [3.63, 3.8) is 0 Å². The molecule has 0 fully saturated rings. The lowest BCUT2D eigenvalue weighted by molar-refractivity contribution is 0.413. The highest BCUT2D eigenvalue weighted by Crippen LogP contribution is 2.29. The van der Waals surface area contributed by atoms with Crippen molar-refractivity contribution in [2.75, 3.05) is 11.8 Å². The van der Waals surface area contributed by atoms with Crippen LogP contribution in [0.4, 0.5) is 14.5 Å². The van der Waals surface area contributed by atoms with E-state index in [-0.39, 0.29) is 21.2 Å². The molecule has 0 heterocycles. The highest BCUT2D eigenvalue weighted by molar-refractivity contribution is 7.92. The Labute approximate surface area is 172 Å². The molecule has 0 atom stereocenters. The van der Waals surface area contributed by atoms with Gasteiger partial charge in [0, 0.05) is 17.2 Å². The zero-order valence-electron chi connectivity index (χ0n) is 15.0. The standard InChI is InChI=1S/C21H14ClF2NO3S/c1-28-16-9-10-17(22)20(13-16)29(26,27)25-21-18(23)11-15(12-19(21)24)8-7-14-5-3-2-4-6-14/h2-6,9-13,25H,1H3. The first-order valence-corrected chi connectivity index (χ1v) is 10.1. The minimum absolute atomic E-state index is 0.0613. The molecule has 148 valence electrons. The number of rotatable bonds is 4. The molecule has 0 aliphatic rings. The third-order valence-electron chi connectivity index (χ3n) is 3.83. The van der Waals surface area contributed by atoms with Gasteiger partial charge in [-0.05, 0) is 36.4 Å². The second-order valence-corrected chi connectivity index (χ2v) is 7.89. The van der Waals surface area contributed by atoms with Gasteiger partial charge in [-0.15, -0.1) is 0 Å². The number of benzene rings is 3. The first kappa shape index (κ1) is 20.6. The van der Waals surface area contributed by atoms with Gasteiger partial charge in [0.1, 0.15) is 16.3 Å². The Bertz CT molecular complexity index is 1200. The molecule has 0 unspecified atom stereocenters. The average molecular weight is 434 g/mol. The van der Waals surface area contributed by atoms with E-state index in [0.29, 0.717) is 5.56 Å². The minimum atomic E-state index is -4.37. The first-order chi connectivity index (χ1) is 13.8. The van der Waals surface area contributed by atoms with Crippen LogP contribution in [0.3, 0.4) is 0 Å². The lowest BCUT2D eigenvalue weighted by atomic mass is 10.1. The van der Waals surface area contributed by atoms with E-state index in [9.17, 15) is 17.2 Å². The van der Waals surface area contributed by atoms with Crippen LogP contribution < -0.4 is 9.46 Å². The maximum Gasteiger partial charge on any atom is 0.263 e. The van der Waals surface area contributed by atoms with Crippen molar-refractivity contribution >= 4 is 27.3 Å². The number of hydrogen-bond acceptors (Lipinski definition) is 3. The van der Waals surface area contributed by atoms with Crippen LogP contribution in [0, 0.1) is 23.5 Å². The van der Waals surface area contributed by atoms with Gasteiger partial charge in [-0.25, -0.2) is 17.2 Å². The summed E-state index contributed by atoms with van der Waals surface area (Å²) in [5.41, 5.74) is -0.0916. The van der Waals surface area contributed by atoms with Crippen LogP contribution in [0.25, 0.3) is 0 Å². The van der Waals surface area contributed by atoms with Gasteiger partial charge in [0.2, 0.25) is 0 Å². The zero-order valence-corrected chi connectivity index (χ0v) is 16.6. The normalized spacial score (nSPS) is 10.8. The Balaban J connectivity index is 1.93. The summed E-state index contributed by atoms with van der Waals surface area (Å²) in [6.07, 6.45) is 0. The fourth-order valence-electron chi connectivity index (χ4n) is 2.41. The van der Waals surface area contributed by atoms with E-state index in [1.165, 1.54) is 19.2 Å². The summed E-state index contributed by atoms with van der Waals surface area (Å²) in [5, 5.41) is -0.121. The molecule has 0 saturated carbocycles. The maximum absolute atomic E-state index is 14.4. The Hall–Kier alpha value is -3.08. The summed E-state index contributed by atoms with van der Waals surface area (Å²) in [4.78, 5) is -0.370. The van der Waals surface area contributed by atoms with Gasteiger partial charge in [-0.2, -0.15) is 0 Å². The topological polar surface area (TPSA) is 55.4 Å². The molecule has 0 aromatic heterocycles. The van der Waals surface area contributed by atoms with Crippen molar-refractivity contribution in [1.82, 2.24) is 0 Å². The molecule has 0 radical (unpaired) electrons. The highest BCUT2D eigenvalue weighted by Gasteiger charge is 2.23. The lowest BCUT2D eigenvalue weighted by Gasteiger charge is -2.12. The van der Waals surface area contributed by atoms with Crippen LogP contribution in [0.1, 0.15) is 11.1 Å². The van der Waals surface area contributed by atoms with Crippen LogP contribution in [0.5, 0.6) is 5.75 Å². The predicted molar refractivity (Wildman–Crippen MR) is 108 cm³/mol. The zero-order chi connectivity index (χ0) is 21.0. The van der Waals surface area contributed by atoms with Gasteiger partial charge in [0.25, 0.3) is 10.0 Å². The number of nitrogens with one attached hydrogen (secondary N) is 1. The summed E-state index contributed by atoms with van der Waals surface area (Å²) in [5.74, 6) is 3.43. The molecule has 4 nitrogen and oxygen atoms in total. The van der Waals surface area contributed by atoms with E-state index in [2.05, 4.69) is 11.8 Å². The van der Waals surface area contributed by atoms with Crippen molar-refractivity contribution in [2.45, 2.75) is 4.90 Å². The van der Waals surface area contributed by atoms with Crippen molar-refractivity contribution in [1.29, 1.82) is 0 Å². The quantitative estimate of drug-likeness (QED) is 0.600. The minimum Gasteiger partial charge on any atom is -0.497 e. The van der Waals surface area contributed by atoms with Crippen LogP contribution in [0.15, 0.2) is 65.6 Å². The molecular formula is C21H14ClF2NO3S. The molecule has 0 spiro atoms. The van der Waals surface area contributed by atoms with E-state index in [1.54, 1.807) is 24.3 Å². The summed E-state index contributed by atoms with van der Waals surface area (Å²) in [6, 6.07) is 14.7. The lowest BCUT2D eigenvalue weighted by Crippen LogP contribution is -2.16. The average Bonchev–Trinajstić information content (AvgIpc) is 2.70. The van der Waals surface area contributed by atoms with E-state index < -0.39 is 27.3 Å². The van der Waals surface area contributed by atoms with Crippen LogP contribution in [-0.4, -0.2) is 15.5 Å². The molecule has 1 N–H and O–H groups in total. The predicted octanol–water partition coefficient (Wildman–Crippen LogP) is 4.83. The number of ether oxygens (including phenoxy) is 1. The molecule has 0 aliphatic heterocycles. The molecular weight excluding hydrogens is 420 g/mol. The third-order valence-corrected chi connectivity index (χ3v) is 5.66. The molecule has 0 amide bonds. The Morgan fingerprint density at radius 3 is 2.17 bits per heavy atom. The highest BCUT2D eigenvalue weighted by atomic mass is 35.5. The van der Waals surface area contributed by atoms with Gasteiger partial charge in [-0.3, -0.25) is 4.72 Å². The van der Waals surface area contributed by atoms with E-state index in [1.807, 2.05) is 10.8 Å². The molecule has 0 aliphatic carbocycles. The van der Waals surface area contributed by atoms with Crippen molar-refractivity contribution < 1.29 is 21.9 Å². The summed E-state index contributed by atoms with van der Waals surface area (Å²) in [6.45, 7) is 0. The van der Waals surface area contributed by atoms with Crippen molar-refractivity contribution in [3.8, 4) is 17.6 Å². The molecule has 0 saturated heterocycles. The molecule has 3 aromatic carbocycles. The number of halogens is 3. The van der Waals surface area contributed by atoms with E-state index in [4.69, 9.17) is 16.3 Å². The summed E-state index contributed by atoms with van der Waals surface area (Å²) in [7, 11) is -3.02. The number of anilines is 1. The summed E-state index contributed by atoms with van der Waals surface area (Å²) < 4.78 is 60.9. The SMILES string of the molecule is COc1ccc(Cl)c(S(=O)(=O)Nc2c(F)cc(C#Cc3ccccc3)cc2F)c1. The largest absolute Gasteiger partial charge is 0.497 e. The van der Waals surface area contributed by atoms with Gasteiger partial charge in [0.05, 0.1) is 12.1 Å². The molecule has 8 heteroatoms. The Kier molecular flexibility index (Phi) is 6.06. The Morgan fingerprint density at radius 2 is 1.55 bits per heavy atom. The molecule has 29 heavy (non-hydrogen) atoms. The molecule has 3 aromatic rings. The van der Waals surface area contributed by atoms with Crippen LogP contribution in [-0.2, 0) is 10.0 Å². The van der Waals surface area contributed by atoms with Gasteiger partial charge in [0.15, 0.2) is 11.6 Å². The fourth-order valence-corrected chi connectivity index (χ4v) is 4.01. The second kappa shape index (κ2) is 8.52. The summed E-state index contributed by atoms with van der Waals surface area (Å²) >= 11 is 5.93. The third kappa shape index (κ3) is 4.86. The van der Waals surface area contributed by atoms with Crippen molar-refractivity contribution in [2.24, 2.45) is 0 Å². The molecule has 0 bridgehead atoms. The van der Waals surface area contributed by atoms with Crippen molar-refractivity contribution in [3.05, 3.63) is 88.4 Å². The number of sulfonamides is 1. The smallest absolute Gasteiger partial charge is 0.263 e.